The third-order valence-corrected chi connectivity index (χ3v) is 6.50. The molecule has 0 radical (unpaired) electrons. The van der Waals surface area contributed by atoms with Crippen LogP contribution in [0.15, 0.2) is 88.9 Å². The molecule has 0 heterocycles. The number of nitrogens with zero attached hydrogens (tertiary/aromatic N) is 1. The number of nitrogens with one attached hydrogen (secondary N) is 1. The Morgan fingerprint density at radius 3 is 2.60 bits per heavy atom. The quantitative estimate of drug-likeness (QED) is 0.131. The second-order valence-corrected chi connectivity index (χ2v) is 9.72. The van der Waals surface area contributed by atoms with E-state index in [9.17, 15) is 10.1 Å². The zero-order valence-corrected chi connectivity index (χ0v) is 22.5. The first-order valence-corrected chi connectivity index (χ1v) is 12.5. The molecule has 0 saturated heterocycles. The number of rotatable bonds is 7. The zero-order chi connectivity index (χ0) is 24.8. The van der Waals surface area contributed by atoms with Gasteiger partial charge in [-0.1, -0.05) is 58.4 Å². The lowest BCUT2D eigenvalue weighted by molar-refractivity contribution is -0.112. The fraction of sp³-hybridized carbons (Fsp3) is 0.0714. The van der Waals surface area contributed by atoms with Gasteiger partial charge >= 0.3 is 0 Å². The van der Waals surface area contributed by atoms with Crippen LogP contribution in [0.25, 0.3) is 16.8 Å². The number of amides is 1. The lowest BCUT2D eigenvalue weighted by Gasteiger charge is -2.14. The Bertz CT molecular complexity index is 1480. The molecule has 0 aliphatic rings. The van der Waals surface area contributed by atoms with Gasteiger partial charge in [0.15, 0.2) is 11.5 Å². The maximum Gasteiger partial charge on any atom is 0.266 e. The van der Waals surface area contributed by atoms with Crippen LogP contribution in [0.2, 0.25) is 0 Å². The monoisotopic (exact) mass is 638 g/mol. The lowest BCUT2D eigenvalue weighted by atomic mass is 10.1. The van der Waals surface area contributed by atoms with Crippen LogP contribution in [-0.4, -0.2) is 13.0 Å². The van der Waals surface area contributed by atoms with Crippen molar-refractivity contribution in [1.82, 2.24) is 0 Å². The third-order valence-electron chi connectivity index (χ3n) is 5.21. The summed E-state index contributed by atoms with van der Waals surface area (Å²) in [5.41, 5.74) is 2.27. The molecule has 1 amide bonds. The van der Waals surface area contributed by atoms with E-state index in [0.29, 0.717) is 29.4 Å². The van der Waals surface area contributed by atoms with E-state index in [0.717, 1.165) is 19.0 Å². The highest BCUT2D eigenvalue weighted by atomic mass is 127. The Labute approximate surface area is 225 Å². The van der Waals surface area contributed by atoms with Crippen molar-refractivity contribution in [3.63, 3.8) is 0 Å². The molecule has 0 aromatic heterocycles. The van der Waals surface area contributed by atoms with Gasteiger partial charge in [0.2, 0.25) is 0 Å². The van der Waals surface area contributed by atoms with Gasteiger partial charge in [-0.2, -0.15) is 5.26 Å². The van der Waals surface area contributed by atoms with E-state index in [1.165, 1.54) is 11.5 Å². The normalized spacial score (nSPS) is 11.1. The first-order chi connectivity index (χ1) is 17.0. The van der Waals surface area contributed by atoms with Crippen LogP contribution in [-0.2, 0) is 11.4 Å². The third kappa shape index (κ3) is 6.21. The summed E-state index contributed by atoms with van der Waals surface area (Å²) in [6.45, 7) is 0.380. The van der Waals surface area contributed by atoms with Crippen LogP contribution in [0.5, 0.6) is 11.5 Å². The number of hydrogen-bond acceptors (Lipinski definition) is 4. The number of nitriles is 1. The van der Waals surface area contributed by atoms with E-state index in [-0.39, 0.29) is 5.57 Å². The number of anilines is 1. The van der Waals surface area contributed by atoms with Crippen molar-refractivity contribution < 1.29 is 14.3 Å². The summed E-state index contributed by atoms with van der Waals surface area (Å²) in [4.78, 5) is 12.6. The SMILES string of the molecule is COc1cc(/C=C(/C#N)C(=O)Nc2cccc(Br)c2)cc(I)c1OCc1ccc2ccccc2c1. The number of fused-ring (bicyclic) bond motifs is 1. The van der Waals surface area contributed by atoms with Crippen LogP contribution in [0, 0.1) is 14.9 Å². The molecule has 4 aromatic rings. The molecule has 7 heteroatoms. The largest absolute Gasteiger partial charge is 0.493 e. The van der Waals surface area contributed by atoms with Crippen molar-refractivity contribution in [1.29, 1.82) is 5.26 Å². The molecule has 0 spiro atoms. The molecule has 0 fully saturated rings. The zero-order valence-electron chi connectivity index (χ0n) is 18.7. The van der Waals surface area contributed by atoms with Gasteiger partial charge in [-0.05, 0) is 87.0 Å². The first kappa shape index (κ1) is 24.8. The average Bonchev–Trinajstić information content (AvgIpc) is 2.86. The Hall–Kier alpha value is -3.35. The van der Waals surface area contributed by atoms with Gasteiger partial charge in [-0.3, -0.25) is 4.79 Å². The minimum atomic E-state index is -0.490. The summed E-state index contributed by atoms with van der Waals surface area (Å²) >= 11 is 5.54. The highest BCUT2D eigenvalue weighted by Gasteiger charge is 2.14. The molecule has 0 aliphatic heterocycles. The molecule has 0 unspecified atom stereocenters. The number of ether oxygens (including phenoxy) is 2. The number of carbonyl (C=O) groups excluding carboxylic acids is 1. The molecule has 0 aliphatic carbocycles. The molecule has 0 saturated carbocycles. The summed E-state index contributed by atoms with van der Waals surface area (Å²) in [5.74, 6) is 0.639. The standard InChI is InChI=1S/C28H20BrIN2O3/c1-34-26-14-19(12-22(16-31)28(33)32-24-8-4-7-23(29)15-24)13-25(30)27(26)35-17-18-9-10-20-5-2-3-6-21(20)11-18/h2-15H,17H2,1H3,(H,32,33)/b22-12-. The Balaban J connectivity index is 1.54. The topological polar surface area (TPSA) is 71.3 Å². The number of benzene rings is 4. The highest BCUT2D eigenvalue weighted by molar-refractivity contribution is 14.1. The molecule has 5 nitrogen and oxygen atoms in total. The van der Waals surface area contributed by atoms with Crippen LogP contribution in [0.1, 0.15) is 11.1 Å². The van der Waals surface area contributed by atoms with Gasteiger partial charge in [0, 0.05) is 10.2 Å². The fourth-order valence-electron chi connectivity index (χ4n) is 3.53. The van der Waals surface area contributed by atoms with Crippen LogP contribution in [0.4, 0.5) is 5.69 Å². The second-order valence-electron chi connectivity index (χ2n) is 7.64. The van der Waals surface area contributed by atoms with Gasteiger partial charge in [0.05, 0.1) is 10.7 Å². The summed E-state index contributed by atoms with van der Waals surface area (Å²) in [7, 11) is 1.56. The predicted molar refractivity (Wildman–Crippen MR) is 150 cm³/mol. The van der Waals surface area contributed by atoms with Crippen molar-refractivity contribution in [3.8, 4) is 17.6 Å². The van der Waals surface area contributed by atoms with E-state index in [2.05, 4.69) is 68.1 Å². The summed E-state index contributed by atoms with van der Waals surface area (Å²) < 4.78 is 13.3. The molecule has 1 N–H and O–H groups in total. The summed E-state index contributed by atoms with van der Waals surface area (Å²) in [5, 5.41) is 14.7. The number of hydrogen-bond donors (Lipinski definition) is 1. The van der Waals surface area contributed by atoms with Crippen LogP contribution >= 0.6 is 38.5 Å². The second kappa shape index (κ2) is 11.4. The maximum absolute atomic E-state index is 12.6. The highest BCUT2D eigenvalue weighted by Crippen LogP contribution is 2.35. The molecule has 4 aromatic carbocycles. The maximum atomic E-state index is 12.6. The van der Waals surface area contributed by atoms with Crippen LogP contribution in [0.3, 0.4) is 0 Å². The van der Waals surface area contributed by atoms with E-state index in [1.54, 1.807) is 31.4 Å². The Morgan fingerprint density at radius 2 is 1.86 bits per heavy atom. The smallest absolute Gasteiger partial charge is 0.266 e. The fourth-order valence-corrected chi connectivity index (χ4v) is 4.71. The molecule has 174 valence electrons. The average molecular weight is 639 g/mol. The van der Waals surface area contributed by atoms with Crippen molar-refractivity contribution in [2.75, 3.05) is 12.4 Å². The summed E-state index contributed by atoms with van der Waals surface area (Å²) in [6, 6.07) is 27.2. The molecule has 4 rings (SSSR count). The van der Waals surface area contributed by atoms with Gasteiger partial charge in [-0.15, -0.1) is 0 Å². The number of carbonyl (C=O) groups is 1. The number of halogens is 2. The minimum Gasteiger partial charge on any atom is -0.493 e. The molecule has 0 bridgehead atoms. The molecule has 0 atom stereocenters. The van der Waals surface area contributed by atoms with Crippen molar-refractivity contribution in [2.45, 2.75) is 6.61 Å². The van der Waals surface area contributed by atoms with Gasteiger partial charge in [-0.25, -0.2) is 0 Å². The van der Waals surface area contributed by atoms with E-state index in [4.69, 9.17) is 9.47 Å². The Morgan fingerprint density at radius 1 is 1.06 bits per heavy atom. The van der Waals surface area contributed by atoms with Crippen molar-refractivity contribution in [2.24, 2.45) is 0 Å². The van der Waals surface area contributed by atoms with Gasteiger partial charge < -0.3 is 14.8 Å². The Kier molecular flexibility index (Phi) is 8.06. The number of methoxy groups -OCH3 is 1. The summed E-state index contributed by atoms with van der Waals surface area (Å²) in [6.07, 6.45) is 1.53. The first-order valence-electron chi connectivity index (χ1n) is 10.6. The minimum absolute atomic E-state index is 0.0207. The molecular formula is C28H20BrIN2O3. The van der Waals surface area contributed by atoms with E-state index in [1.807, 2.05) is 36.4 Å². The van der Waals surface area contributed by atoms with Gasteiger partial charge in [0.1, 0.15) is 18.2 Å². The van der Waals surface area contributed by atoms with Gasteiger partial charge in [0.25, 0.3) is 5.91 Å². The van der Waals surface area contributed by atoms with E-state index < -0.39 is 5.91 Å². The van der Waals surface area contributed by atoms with Crippen molar-refractivity contribution >= 4 is 67.0 Å². The predicted octanol–water partition coefficient (Wildman–Crippen LogP) is 7.34. The van der Waals surface area contributed by atoms with E-state index >= 15 is 0 Å². The molecule has 35 heavy (non-hydrogen) atoms. The lowest BCUT2D eigenvalue weighted by Crippen LogP contribution is -2.13. The molecular weight excluding hydrogens is 619 g/mol. The van der Waals surface area contributed by atoms with Crippen molar-refractivity contribution in [3.05, 3.63) is 104 Å². The van der Waals surface area contributed by atoms with Crippen LogP contribution < -0.4 is 14.8 Å².